The van der Waals surface area contributed by atoms with E-state index in [-0.39, 0.29) is 30.4 Å². The van der Waals surface area contributed by atoms with E-state index < -0.39 is 6.10 Å². The quantitative estimate of drug-likeness (QED) is 0.904. The number of aromatic nitrogens is 2. The Bertz CT molecular complexity index is 742. The second-order valence-corrected chi connectivity index (χ2v) is 6.57. The predicted molar refractivity (Wildman–Crippen MR) is 92.6 cm³/mol. The van der Waals surface area contributed by atoms with Gasteiger partial charge in [-0.2, -0.15) is 5.10 Å². The van der Waals surface area contributed by atoms with Gasteiger partial charge in [-0.1, -0.05) is 26.0 Å². The standard InChI is InChI=1S/C19H24FN3O2/c1-3-15(4-2)23-9-8-17(21-23)19(25)22-12-16(24)11-18(22)13-6-5-7-14(20)10-13/h5-10,15-16,18,24H,3-4,11-12H2,1-2H3/t16-,18+/m0/s1. The van der Waals surface area contributed by atoms with Crippen LogP contribution in [0.25, 0.3) is 0 Å². The number of hydrogen-bond donors (Lipinski definition) is 1. The summed E-state index contributed by atoms with van der Waals surface area (Å²) in [6, 6.07) is 7.86. The molecule has 6 heteroatoms. The highest BCUT2D eigenvalue weighted by molar-refractivity contribution is 5.92. The number of benzene rings is 1. The van der Waals surface area contributed by atoms with Crippen LogP contribution in [-0.2, 0) is 0 Å². The molecule has 3 rings (SSSR count). The minimum atomic E-state index is -0.613. The molecule has 0 radical (unpaired) electrons. The minimum Gasteiger partial charge on any atom is -0.391 e. The lowest BCUT2D eigenvalue weighted by Gasteiger charge is -2.24. The topological polar surface area (TPSA) is 58.4 Å². The Morgan fingerprint density at radius 3 is 2.80 bits per heavy atom. The highest BCUT2D eigenvalue weighted by Crippen LogP contribution is 2.33. The van der Waals surface area contributed by atoms with Gasteiger partial charge in [-0.05, 0) is 43.0 Å². The van der Waals surface area contributed by atoms with Crippen LogP contribution in [0.1, 0.15) is 61.2 Å². The zero-order valence-corrected chi connectivity index (χ0v) is 14.6. The van der Waals surface area contributed by atoms with Crippen molar-refractivity contribution in [2.45, 2.75) is 51.3 Å². The second kappa shape index (κ2) is 7.35. The van der Waals surface area contributed by atoms with Crippen molar-refractivity contribution in [1.29, 1.82) is 0 Å². The largest absolute Gasteiger partial charge is 0.391 e. The van der Waals surface area contributed by atoms with Gasteiger partial charge in [0.25, 0.3) is 5.91 Å². The molecule has 1 fully saturated rings. The van der Waals surface area contributed by atoms with Crippen LogP contribution < -0.4 is 0 Å². The molecule has 0 spiro atoms. The lowest BCUT2D eigenvalue weighted by molar-refractivity contribution is 0.0708. The van der Waals surface area contributed by atoms with Crippen LogP contribution in [-0.4, -0.2) is 38.3 Å². The van der Waals surface area contributed by atoms with Gasteiger partial charge in [0.2, 0.25) is 0 Å². The molecule has 1 aliphatic rings. The molecule has 134 valence electrons. The van der Waals surface area contributed by atoms with Crippen molar-refractivity contribution in [1.82, 2.24) is 14.7 Å². The van der Waals surface area contributed by atoms with Crippen molar-refractivity contribution in [3.05, 3.63) is 53.6 Å². The van der Waals surface area contributed by atoms with Crippen molar-refractivity contribution in [3.63, 3.8) is 0 Å². The van der Waals surface area contributed by atoms with E-state index in [2.05, 4.69) is 18.9 Å². The fourth-order valence-electron chi connectivity index (χ4n) is 3.53. The Labute approximate surface area is 147 Å². The van der Waals surface area contributed by atoms with E-state index in [1.807, 2.05) is 10.9 Å². The second-order valence-electron chi connectivity index (χ2n) is 6.57. The molecule has 0 saturated carbocycles. The maximum Gasteiger partial charge on any atom is 0.274 e. The van der Waals surface area contributed by atoms with Gasteiger partial charge in [-0.25, -0.2) is 4.39 Å². The van der Waals surface area contributed by atoms with Gasteiger partial charge in [0, 0.05) is 12.7 Å². The molecule has 25 heavy (non-hydrogen) atoms. The number of amides is 1. The number of aliphatic hydroxyl groups excluding tert-OH is 1. The summed E-state index contributed by atoms with van der Waals surface area (Å²) < 4.78 is 15.4. The van der Waals surface area contributed by atoms with E-state index in [9.17, 15) is 14.3 Å². The number of halogens is 1. The van der Waals surface area contributed by atoms with Crippen LogP contribution in [0.3, 0.4) is 0 Å². The monoisotopic (exact) mass is 345 g/mol. The van der Waals surface area contributed by atoms with E-state index >= 15 is 0 Å². The Kier molecular flexibility index (Phi) is 5.18. The molecule has 1 aliphatic heterocycles. The number of rotatable bonds is 5. The van der Waals surface area contributed by atoms with Gasteiger partial charge in [0.05, 0.1) is 18.2 Å². The van der Waals surface area contributed by atoms with E-state index in [0.717, 1.165) is 12.8 Å². The lowest BCUT2D eigenvalue weighted by Crippen LogP contribution is -2.32. The molecule has 0 bridgehead atoms. The first-order chi connectivity index (χ1) is 12.0. The molecular weight excluding hydrogens is 321 g/mol. The number of nitrogens with zero attached hydrogens (tertiary/aromatic N) is 3. The first-order valence-corrected chi connectivity index (χ1v) is 8.83. The van der Waals surface area contributed by atoms with Gasteiger partial charge < -0.3 is 10.0 Å². The van der Waals surface area contributed by atoms with Gasteiger partial charge in [-0.3, -0.25) is 9.48 Å². The molecule has 1 aromatic heterocycles. The summed E-state index contributed by atoms with van der Waals surface area (Å²) in [4.78, 5) is 14.5. The van der Waals surface area contributed by atoms with Crippen molar-refractivity contribution in [2.24, 2.45) is 0 Å². The van der Waals surface area contributed by atoms with Gasteiger partial charge >= 0.3 is 0 Å². The summed E-state index contributed by atoms with van der Waals surface area (Å²) in [5.74, 6) is -0.570. The van der Waals surface area contributed by atoms with Crippen LogP contribution in [0, 0.1) is 5.82 Å². The number of likely N-dealkylation sites (tertiary alicyclic amines) is 1. The number of carbonyl (C=O) groups is 1. The molecule has 1 N–H and O–H groups in total. The highest BCUT2D eigenvalue weighted by Gasteiger charge is 2.36. The Morgan fingerprint density at radius 2 is 2.12 bits per heavy atom. The minimum absolute atomic E-state index is 0.226. The molecule has 1 saturated heterocycles. The summed E-state index contributed by atoms with van der Waals surface area (Å²) in [6.07, 6.45) is 3.51. The summed E-state index contributed by atoms with van der Waals surface area (Å²) in [5, 5.41) is 14.5. The Hall–Kier alpha value is -2.21. The molecule has 2 aromatic rings. The third kappa shape index (κ3) is 3.58. The van der Waals surface area contributed by atoms with Crippen LogP contribution in [0.15, 0.2) is 36.5 Å². The smallest absolute Gasteiger partial charge is 0.274 e. The molecule has 1 aromatic carbocycles. The number of β-amino-alcohol motifs (C(OH)–C–C–N with tert-alkyl or cyclic N) is 1. The summed E-state index contributed by atoms with van der Waals surface area (Å²) in [7, 11) is 0. The third-order valence-corrected chi connectivity index (χ3v) is 4.92. The molecule has 2 heterocycles. The SMILES string of the molecule is CCC(CC)n1ccc(C(=O)N2C[C@@H](O)C[C@@H]2c2cccc(F)c2)n1. The molecule has 1 amide bonds. The summed E-state index contributed by atoms with van der Waals surface area (Å²) in [5.41, 5.74) is 1.06. The zero-order valence-electron chi connectivity index (χ0n) is 14.6. The van der Waals surface area contributed by atoms with Crippen LogP contribution in [0.4, 0.5) is 4.39 Å². The summed E-state index contributed by atoms with van der Waals surface area (Å²) >= 11 is 0. The van der Waals surface area contributed by atoms with Crippen molar-refractivity contribution >= 4 is 5.91 Å². The predicted octanol–water partition coefficient (Wildman–Crippen LogP) is 3.33. The first kappa shape index (κ1) is 17.6. The average Bonchev–Trinajstić information content (AvgIpc) is 3.23. The highest BCUT2D eigenvalue weighted by atomic mass is 19.1. The van der Waals surface area contributed by atoms with E-state index in [4.69, 9.17) is 0 Å². The van der Waals surface area contributed by atoms with Gasteiger partial charge in [0.1, 0.15) is 11.5 Å². The Morgan fingerprint density at radius 1 is 1.36 bits per heavy atom. The average molecular weight is 345 g/mol. The normalized spacial score (nSPS) is 20.4. The fourth-order valence-corrected chi connectivity index (χ4v) is 3.53. The van der Waals surface area contributed by atoms with Crippen molar-refractivity contribution in [3.8, 4) is 0 Å². The van der Waals surface area contributed by atoms with Crippen LogP contribution >= 0.6 is 0 Å². The fraction of sp³-hybridized carbons (Fsp3) is 0.474. The summed E-state index contributed by atoms with van der Waals surface area (Å²) in [6.45, 7) is 4.42. The Balaban J connectivity index is 1.85. The van der Waals surface area contributed by atoms with E-state index in [1.165, 1.54) is 12.1 Å². The van der Waals surface area contributed by atoms with Crippen molar-refractivity contribution in [2.75, 3.05) is 6.54 Å². The first-order valence-electron chi connectivity index (χ1n) is 8.83. The number of aliphatic hydroxyl groups is 1. The molecule has 0 aliphatic carbocycles. The van der Waals surface area contributed by atoms with Gasteiger partial charge in [0.15, 0.2) is 0 Å². The molecule has 5 nitrogen and oxygen atoms in total. The molecular formula is C19H24FN3O2. The van der Waals surface area contributed by atoms with Crippen LogP contribution in [0.2, 0.25) is 0 Å². The number of carbonyl (C=O) groups excluding carboxylic acids is 1. The number of hydrogen-bond acceptors (Lipinski definition) is 3. The van der Waals surface area contributed by atoms with Crippen molar-refractivity contribution < 1.29 is 14.3 Å². The third-order valence-electron chi connectivity index (χ3n) is 4.92. The van der Waals surface area contributed by atoms with E-state index in [1.54, 1.807) is 23.1 Å². The van der Waals surface area contributed by atoms with E-state index in [0.29, 0.717) is 17.7 Å². The van der Waals surface area contributed by atoms with Gasteiger partial charge in [-0.15, -0.1) is 0 Å². The van der Waals surface area contributed by atoms with Crippen LogP contribution in [0.5, 0.6) is 0 Å². The lowest BCUT2D eigenvalue weighted by atomic mass is 10.0. The maximum atomic E-state index is 13.6. The molecule has 2 atom stereocenters. The molecule has 0 unspecified atom stereocenters. The zero-order chi connectivity index (χ0) is 18.0. The maximum absolute atomic E-state index is 13.6.